The van der Waals surface area contributed by atoms with Gasteiger partial charge in [-0.1, -0.05) is 31.5 Å². The second-order valence-corrected chi connectivity index (χ2v) is 12.0. The summed E-state index contributed by atoms with van der Waals surface area (Å²) in [6.07, 6.45) is 4.07. The minimum Gasteiger partial charge on any atom is -0.490 e. The summed E-state index contributed by atoms with van der Waals surface area (Å²) in [7, 11) is 0. The summed E-state index contributed by atoms with van der Waals surface area (Å²) in [5, 5.41) is 10.4. The van der Waals surface area contributed by atoms with Crippen LogP contribution in [0.5, 0.6) is 5.75 Å². The van der Waals surface area contributed by atoms with Crippen LogP contribution in [0.25, 0.3) is 0 Å². The van der Waals surface area contributed by atoms with E-state index in [1.54, 1.807) is 4.90 Å². The highest BCUT2D eigenvalue weighted by atomic mass is 19.4. The van der Waals surface area contributed by atoms with Crippen LogP contribution in [-0.4, -0.2) is 58.4 Å². The zero-order valence-electron chi connectivity index (χ0n) is 24.6. The molecule has 10 heteroatoms. The molecule has 0 spiro atoms. The number of aromatic nitrogens is 1. The standard InChI is InChI=1S/C33H39F3N4O3/c1-2-9-27-24(12-8-19-40(27)31(42)29-26(33(34,35)36)14-7-18-38-29)30(41)39-20-16-32(22-37,17-21-39)25-13-5-6-15-28(25)43-23-10-3-4-11-23/h5-7,13-15,18,23-24,27H,2-4,8-12,16-17,19-21H2,1H3. The monoisotopic (exact) mass is 596 g/mol. The number of likely N-dealkylation sites (tertiary alicyclic amines) is 2. The molecule has 2 amide bonds. The SMILES string of the molecule is CCCC1C(C(=O)N2CCC(C#N)(c3ccccc3OC3CCCC3)CC2)CCCN1C(=O)c1ncccc1C(F)(F)F. The zero-order chi connectivity index (χ0) is 30.6. The second-order valence-electron chi connectivity index (χ2n) is 12.0. The minimum absolute atomic E-state index is 0.102. The molecule has 7 nitrogen and oxygen atoms in total. The molecule has 3 fully saturated rings. The largest absolute Gasteiger partial charge is 0.490 e. The summed E-state index contributed by atoms with van der Waals surface area (Å²) in [5.74, 6) is -0.670. The Morgan fingerprint density at radius 2 is 1.77 bits per heavy atom. The Kier molecular flexibility index (Phi) is 9.28. The van der Waals surface area contributed by atoms with Crippen molar-refractivity contribution in [2.45, 2.75) is 94.9 Å². The molecule has 43 heavy (non-hydrogen) atoms. The van der Waals surface area contributed by atoms with E-state index >= 15 is 0 Å². The fraction of sp³-hybridized carbons (Fsp3) is 0.576. The van der Waals surface area contributed by atoms with Gasteiger partial charge in [-0.15, -0.1) is 0 Å². The number of hydrogen-bond acceptors (Lipinski definition) is 5. The van der Waals surface area contributed by atoms with Gasteiger partial charge in [-0.3, -0.25) is 14.6 Å². The molecule has 2 atom stereocenters. The fourth-order valence-electron chi connectivity index (χ4n) is 7.13. The van der Waals surface area contributed by atoms with Gasteiger partial charge in [0.25, 0.3) is 5.91 Å². The number of benzene rings is 1. The van der Waals surface area contributed by atoms with Crippen molar-refractivity contribution in [1.29, 1.82) is 5.26 Å². The summed E-state index contributed by atoms with van der Waals surface area (Å²) >= 11 is 0. The number of nitriles is 1. The lowest BCUT2D eigenvalue weighted by atomic mass is 9.73. The molecule has 2 aliphatic heterocycles. The van der Waals surface area contributed by atoms with Crippen LogP contribution in [0.3, 0.4) is 0 Å². The number of carbonyl (C=O) groups is 2. The molecule has 230 valence electrons. The van der Waals surface area contributed by atoms with Gasteiger partial charge in [0, 0.05) is 37.4 Å². The summed E-state index contributed by atoms with van der Waals surface area (Å²) in [6, 6.07) is 11.8. The van der Waals surface area contributed by atoms with E-state index in [1.807, 2.05) is 31.2 Å². The van der Waals surface area contributed by atoms with E-state index < -0.39 is 40.7 Å². The summed E-state index contributed by atoms with van der Waals surface area (Å²) in [4.78, 5) is 34.5. The van der Waals surface area contributed by atoms with E-state index in [2.05, 4.69) is 11.1 Å². The lowest BCUT2D eigenvalue weighted by Crippen LogP contribution is -2.55. The first kappa shape index (κ1) is 30.8. The van der Waals surface area contributed by atoms with E-state index in [1.165, 1.54) is 17.2 Å². The van der Waals surface area contributed by atoms with Crippen LogP contribution in [0.2, 0.25) is 0 Å². The molecule has 0 N–H and O–H groups in total. The molecular formula is C33H39F3N4O3. The maximum absolute atomic E-state index is 14.0. The molecule has 0 bridgehead atoms. The Morgan fingerprint density at radius 3 is 2.44 bits per heavy atom. The van der Waals surface area contributed by atoms with Crippen molar-refractivity contribution in [3.63, 3.8) is 0 Å². The van der Waals surface area contributed by atoms with Crippen LogP contribution in [0.4, 0.5) is 13.2 Å². The number of hydrogen-bond donors (Lipinski definition) is 0. The van der Waals surface area contributed by atoms with Crippen molar-refractivity contribution in [3.05, 3.63) is 59.4 Å². The van der Waals surface area contributed by atoms with Gasteiger partial charge in [-0.25, -0.2) is 0 Å². The Balaban J connectivity index is 1.33. The minimum atomic E-state index is -4.72. The van der Waals surface area contributed by atoms with Crippen molar-refractivity contribution in [2.24, 2.45) is 5.92 Å². The quantitative estimate of drug-likeness (QED) is 0.363. The topological polar surface area (TPSA) is 86.5 Å². The summed E-state index contributed by atoms with van der Waals surface area (Å²) in [5.41, 5.74) is -1.61. The Morgan fingerprint density at radius 1 is 1.05 bits per heavy atom. The number of halogens is 3. The number of alkyl halides is 3. The number of amides is 2. The van der Waals surface area contributed by atoms with Crippen LogP contribution in [0, 0.1) is 17.2 Å². The van der Waals surface area contributed by atoms with E-state index in [4.69, 9.17) is 4.74 Å². The van der Waals surface area contributed by atoms with Gasteiger partial charge in [0.1, 0.15) is 11.4 Å². The third-order valence-corrected chi connectivity index (χ3v) is 9.40. The summed E-state index contributed by atoms with van der Waals surface area (Å²) in [6.45, 7) is 2.97. The van der Waals surface area contributed by atoms with Crippen molar-refractivity contribution in [1.82, 2.24) is 14.8 Å². The molecule has 1 aromatic heterocycles. The van der Waals surface area contributed by atoms with Crippen LogP contribution >= 0.6 is 0 Å². The van der Waals surface area contributed by atoms with Crippen LogP contribution in [0.1, 0.15) is 92.7 Å². The Bertz CT molecular complexity index is 1340. The predicted molar refractivity (Wildman–Crippen MR) is 154 cm³/mol. The van der Waals surface area contributed by atoms with Crippen molar-refractivity contribution in [2.75, 3.05) is 19.6 Å². The number of para-hydroxylation sites is 1. The fourth-order valence-corrected chi connectivity index (χ4v) is 7.13. The number of nitrogens with zero attached hydrogens (tertiary/aromatic N) is 4. The molecular weight excluding hydrogens is 557 g/mol. The third-order valence-electron chi connectivity index (χ3n) is 9.40. The van der Waals surface area contributed by atoms with Gasteiger partial charge >= 0.3 is 6.18 Å². The first-order valence-corrected chi connectivity index (χ1v) is 15.5. The zero-order valence-corrected chi connectivity index (χ0v) is 24.6. The number of piperidine rings is 2. The van der Waals surface area contributed by atoms with Crippen LogP contribution in [0.15, 0.2) is 42.6 Å². The first-order valence-electron chi connectivity index (χ1n) is 15.5. The lowest BCUT2D eigenvalue weighted by molar-refractivity contribution is -0.141. The maximum Gasteiger partial charge on any atom is 0.418 e. The highest BCUT2D eigenvalue weighted by Gasteiger charge is 2.45. The number of carbonyl (C=O) groups excluding carboxylic acids is 2. The summed E-state index contributed by atoms with van der Waals surface area (Å²) < 4.78 is 47.5. The number of rotatable bonds is 7. The highest BCUT2D eigenvalue weighted by Crippen LogP contribution is 2.42. The smallest absolute Gasteiger partial charge is 0.418 e. The van der Waals surface area contributed by atoms with E-state index in [0.717, 1.165) is 43.1 Å². The molecule has 3 aliphatic rings. The lowest BCUT2D eigenvalue weighted by Gasteiger charge is -2.44. The van der Waals surface area contributed by atoms with E-state index in [0.29, 0.717) is 51.6 Å². The predicted octanol–water partition coefficient (Wildman–Crippen LogP) is 6.53. The van der Waals surface area contributed by atoms with Crippen molar-refractivity contribution in [3.8, 4) is 11.8 Å². The average Bonchev–Trinajstić information content (AvgIpc) is 3.54. The normalized spacial score (nSPS) is 22.7. The van der Waals surface area contributed by atoms with Gasteiger partial charge < -0.3 is 14.5 Å². The van der Waals surface area contributed by atoms with Crippen molar-refractivity contribution >= 4 is 11.8 Å². The Labute approximate surface area is 251 Å². The average molecular weight is 597 g/mol. The molecule has 3 heterocycles. The third kappa shape index (κ3) is 6.36. The number of ether oxygens (including phenoxy) is 1. The molecule has 1 saturated carbocycles. The molecule has 2 saturated heterocycles. The molecule has 2 aromatic rings. The molecule has 1 aromatic carbocycles. The maximum atomic E-state index is 14.0. The van der Waals surface area contributed by atoms with Crippen LogP contribution in [-0.2, 0) is 16.4 Å². The van der Waals surface area contributed by atoms with Crippen molar-refractivity contribution < 1.29 is 27.5 Å². The number of pyridine rings is 1. The molecule has 2 unspecified atom stereocenters. The second kappa shape index (κ2) is 12.9. The van der Waals surface area contributed by atoms with Gasteiger partial charge in [0.2, 0.25) is 5.91 Å². The highest BCUT2D eigenvalue weighted by molar-refractivity contribution is 5.95. The Hall–Kier alpha value is -3.61. The molecule has 0 radical (unpaired) electrons. The van der Waals surface area contributed by atoms with Gasteiger partial charge in [0.15, 0.2) is 0 Å². The van der Waals surface area contributed by atoms with Gasteiger partial charge in [-0.05, 0) is 76.0 Å². The van der Waals surface area contributed by atoms with E-state index in [-0.39, 0.29) is 18.6 Å². The molecule has 5 rings (SSSR count). The van der Waals surface area contributed by atoms with Crippen LogP contribution < -0.4 is 4.74 Å². The van der Waals surface area contributed by atoms with Gasteiger partial charge in [-0.2, -0.15) is 18.4 Å². The molecule has 1 aliphatic carbocycles. The van der Waals surface area contributed by atoms with E-state index in [9.17, 15) is 28.0 Å². The van der Waals surface area contributed by atoms with Gasteiger partial charge in [0.05, 0.1) is 29.1 Å². The first-order chi connectivity index (χ1) is 20.7.